The molecule has 3 nitrogen and oxygen atoms in total. The maximum absolute atomic E-state index is 6.16. The SMILES string of the molecule is Cc1cc(B2OC(C)(C)C(C)(C)O2)ccc1C1=CCCN(C)C1. The molecule has 0 N–H and O–H groups in total. The maximum atomic E-state index is 6.16. The van der Waals surface area contributed by atoms with Crippen molar-refractivity contribution in [2.45, 2.75) is 52.2 Å². The Morgan fingerprint density at radius 3 is 2.30 bits per heavy atom. The Hall–Kier alpha value is -1.10. The molecule has 23 heavy (non-hydrogen) atoms. The lowest BCUT2D eigenvalue weighted by Gasteiger charge is -2.32. The van der Waals surface area contributed by atoms with Gasteiger partial charge in [0.25, 0.3) is 0 Å². The molecule has 0 amide bonds. The van der Waals surface area contributed by atoms with Gasteiger partial charge in [-0.1, -0.05) is 24.3 Å². The quantitative estimate of drug-likeness (QED) is 0.784. The fourth-order valence-corrected chi connectivity index (χ4v) is 3.26. The van der Waals surface area contributed by atoms with Gasteiger partial charge in [0.15, 0.2) is 0 Å². The van der Waals surface area contributed by atoms with Crippen LogP contribution in [0.5, 0.6) is 0 Å². The van der Waals surface area contributed by atoms with E-state index in [0.717, 1.165) is 25.0 Å². The second kappa shape index (κ2) is 5.76. The van der Waals surface area contributed by atoms with Crippen molar-refractivity contribution >= 4 is 18.2 Å². The van der Waals surface area contributed by atoms with E-state index in [9.17, 15) is 0 Å². The minimum Gasteiger partial charge on any atom is -0.399 e. The van der Waals surface area contributed by atoms with E-state index >= 15 is 0 Å². The average molecular weight is 313 g/mol. The normalized spacial score (nSPS) is 23.9. The monoisotopic (exact) mass is 313 g/mol. The van der Waals surface area contributed by atoms with Gasteiger partial charge >= 0.3 is 7.12 Å². The summed E-state index contributed by atoms with van der Waals surface area (Å²) in [4.78, 5) is 2.37. The summed E-state index contributed by atoms with van der Waals surface area (Å²) >= 11 is 0. The molecule has 1 saturated heterocycles. The van der Waals surface area contributed by atoms with Crippen LogP contribution >= 0.6 is 0 Å². The topological polar surface area (TPSA) is 21.7 Å². The summed E-state index contributed by atoms with van der Waals surface area (Å²) < 4.78 is 12.3. The van der Waals surface area contributed by atoms with Gasteiger partial charge in [-0.3, -0.25) is 0 Å². The van der Waals surface area contributed by atoms with Crippen LogP contribution in [-0.2, 0) is 9.31 Å². The lowest BCUT2D eigenvalue weighted by molar-refractivity contribution is 0.00578. The van der Waals surface area contributed by atoms with E-state index < -0.39 is 0 Å². The van der Waals surface area contributed by atoms with E-state index in [0.29, 0.717) is 0 Å². The third kappa shape index (κ3) is 3.12. The van der Waals surface area contributed by atoms with Crippen molar-refractivity contribution in [2.75, 3.05) is 20.1 Å². The molecule has 0 bridgehead atoms. The molecule has 2 aliphatic heterocycles. The van der Waals surface area contributed by atoms with Crippen molar-refractivity contribution in [1.29, 1.82) is 0 Å². The molecule has 0 aliphatic carbocycles. The van der Waals surface area contributed by atoms with E-state index in [1.807, 2.05) is 0 Å². The number of hydrogen-bond donors (Lipinski definition) is 0. The van der Waals surface area contributed by atoms with E-state index in [1.165, 1.54) is 16.7 Å². The van der Waals surface area contributed by atoms with Crippen LogP contribution in [0.4, 0.5) is 0 Å². The van der Waals surface area contributed by atoms with Crippen LogP contribution in [0.15, 0.2) is 24.3 Å². The molecular weight excluding hydrogens is 285 g/mol. The summed E-state index contributed by atoms with van der Waals surface area (Å²) in [6.07, 6.45) is 3.50. The Morgan fingerprint density at radius 2 is 1.74 bits per heavy atom. The molecule has 0 saturated carbocycles. The average Bonchev–Trinajstić information content (AvgIpc) is 2.67. The van der Waals surface area contributed by atoms with Gasteiger partial charge in [0.1, 0.15) is 0 Å². The van der Waals surface area contributed by atoms with Gasteiger partial charge in [-0.05, 0) is 70.2 Å². The number of hydrogen-bond acceptors (Lipinski definition) is 3. The van der Waals surface area contributed by atoms with Crippen molar-refractivity contribution in [3.63, 3.8) is 0 Å². The van der Waals surface area contributed by atoms with Crippen LogP contribution < -0.4 is 5.46 Å². The van der Waals surface area contributed by atoms with Gasteiger partial charge in [-0.25, -0.2) is 0 Å². The van der Waals surface area contributed by atoms with Crippen molar-refractivity contribution < 1.29 is 9.31 Å². The first kappa shape index (κ1) is 16.8. The van der Waals surface area contributed by atoms with Crippen LogP contribution in [0.25, 0.3) is 5.57 Å². The van der Waals surface area contributed by atoms with Gasteiger partial charge in [0, 0.05) is 13.1 Å². The van der Waals surface area contributed by atoms with Crippen molar-refractivity contribution in [3.05, 3.63) is 35.4 Å². The van der Waals surface area contributed by atoms with Gasteiger partial charge in [0.05, 0.1) is 11.2 Å². The molecule has 1 aromatic rings. The van der Waals surface area contributed by atoms with Crippen molar-refractivity contribution in [2.24, 2.45) is 0 Å². The van der Waals surface area contributed by atoms with Crippen molar-refractivity contribution in [1.82, 2.24) is 4.90 Å². The first-order chi connectivity index (χ1) is 10.7. The second-order valence-electron chi connectivity index (χ2n) is 7.92. The number of likely N-dealkylation sites (N-methyl/N-ethyl adjacent to an activating group) is 1. The van der Waals surface area contributed by atoms with E-state index in [4.69, 9.17) is 9.31 Å². The van der Waals surface area contributed by atoms with Gasteiger partial charge in [-0.2, -0.15) is 0 Å². The summed E-state index contributed by atoms with van der Waals surface area (Å²) in [5.74, 6) is 0. The Balaban J connectivity index is 1.85. The maximum Gasteiger partial charge on any atom is 0.494 e. The molecule has 0 spiro atoms. The Morgan fingerprint density at radius 1 is 1.09 bits per heavy atom. The number of benzene rings is 1. The zero-order valence-electron chi connectivity index (χ0n) is 15.3. The summed E-state index contributed by atoms with van der Waals surface area (Å²) in [7, 11) is 1.90. The van der Waals surface area contributed by atoms with Crippen LogP contribution in [-0.4, -0.2) is 43.4 Å². The molecular formula is C19H28BNO2. The molecule has 124 valence electrons. The highest BCUT2D eigenvalue weighted by atomic mass is 16.7. The molecule has 2 aliphatic rings. The Bertz CT molecular complexity index is 620. The smallest absolute Gasteiger partial charge is 0.399 e. The molecule has 0 radical (unpaired) electrons. The zero-order chi connectivity index (χ0) is 16.8. The van der Waals surface area contributed by atoms with E-state index in [2.05, 4.69) is 70.8 Å². The lowest BCUT2D eigenvalue weighted by atomic mass is 9.77. The third-order valence-corrected chi connectivity index (χ3v) is 5.46. The van der Waals surface area contributed by atoms with E-state index in [1.54, 1.807) is 0 Å². The highest BCUT2D eigenvalue weighted by molar-refractivity contribution is 6.62. The minimum atomic E-state index is -0.293. The fourth-order valence-electron chi connectivity index (χ4n) is 3.26. The fraction of sp³-hybridized carbons (Fsp3) is 0.579. The molecule has 3 rings (SSSR count). The molecule has 1 fully saturated rings. The van der Waals surface area contributed by atoms with Crippen LogP contribution in [0.3, 0.4) is 0 Å². The molecule has 0 aromatic heterocycles. The highest BCUT2D eigenvalue weighted by Crippen LogP contribution is 2.36. The molecule has 0 atom stereocenters. The number of rotatable bonds is 2. The Labute approximate surface area is 140 Å². The molecule has 0 unspecified atom stereocenters. The highest BCUT2D eigenvalue weighted by Gasteiger charge is 2.51. The summed E-state index contributed by atoms with van der Waals surface area (Å²) in [5.41, 5.74) is 4.58. The summed E-state index contributed by atoms with van der Waals surface area (Å²) in [6, 6.07) is 6.59. The minimum absolute atomic E-state index is 0.282. The third-order valence-electron chi connectivity index (χ3n) is 5.46. The first-order valence-electron chi connectivity index (χ1n) is 8.54. The van der Waals surface area contributed by atoms with Crippen LogP contribution in [0.1, 0.15) is 45.2 Å². The molecule has 1 aromatic carbocycles. The van der Waals surface area contributed by atoms with E-state index in [-0.39, 0.29) is 18.3 Å². The summed E-state index contributed by atoms with van der Waals surface area (Å²) in [5, 5.41) is 0. The Kier molecular flexibility index (Phi) is 4.20. The van der Waals surface area contributed by atoms with Gasteiger partial charge in [-0.15, -0.1) is 0 Å². The first-order valence-corrected chi connectivity index (χ1v) is 8.54. The number of aryl methyl sites for hydroxylation is 1. The predicted octanol–water partition coefficient (Wildman–Crippen LogP) is 3.01. The summed E-state index contributed by atoms with van der Waals surface area (Å²) in [6.45, 7) is 12.7. The zero-order valence-corrected chi connectivity index (χ0v) is 15.3. The number of nitrogens with zero attached hydrogens (tertiary/aromatic N) is 1. The van der Waals surface area contributed by atoms with Crippen molar-refractivity contribution in [3.8, 4) is 0 Å². The lowest BCUT2D eigenvalue weighted by Crippen LogP contribution is -2.41. The molecule has 4 heteroatoms. The molecule has 2 heterocycles. The predicted molar refractivity (Wildman–Crippen MR) is 97.0 cm³/mol. The van der Waals surface area contributed by atoms with Crippen LogP contribution in [0, 0.1) is 6.92 Å². The largest absolute Gasteiger partial charge is 0.494 e. The standard InChI is InChI=1S/C19H28BNO2/c1-14-12-16(20-22-18(2,3)19(4,5)23-20)9-10-17(14)15-8-7-11-21(6)13-15/h8-10,12H,7,11,13H2,1-6H3. The van der Waals surface area contributed by atoms with Crippen LogP contribution in [0.2, 0.25) is 0 Å². The second-order valence-corrected chi connectivity index (χ2v) is 7.92. The van der Waals surface area contributed by atoms with Gasteiger partial charge in [0.2, 0.25) is 0 Å². The van der Waals surface area contributed by atoms with Gasteiger partial charge < -0.3 is 14.2 Å².